The van der Waals surface area contributed by atoms with E-state index in [-0.39, 0.29) is 23.7 Å². The Hall–Kier alpha value is -1.84. The fourth-order valence-electron chi connectivity index (χ4n) is 2.02. The topological polar surface area (TPSA) is 58.2 Å². The van der Waals surface area contributed by atoms with Crippen LogP contribution in [0, 0.1) is 5.92 Å². The highest BCUT2D eigenvalue weighted by Crippen LogP contribution is 2.13. The van der Waals surface area contributed by atoms with E-state index >= 15 is 0 Å². The SMILES string of the molecule is CC(=O)N[C@H](C(=O)NC[C@@H](C)c1ccccc1)C(C)C. The van der Waals surface area contributed by atoms with Crippen molar-refractivity contribution in [1.29, 1.82) is 0 Å². The molecule has 0 saturated heterocycles. The van der Waals surface area contributed by atoms with Crippen LogP contribution < -0.4 is 10.6 Å². The predicted molar refractivity (Wildman–Crippen MR) is 80.3 cm³/mol. The summed E-state index contributed by atoms with van der Waals surface area (Å²) in [6, 6.07) is 9.56. The van der Waals surface area contributed by atoms with Crippen LogP contribution in [0.15, 0.2) is 30.3 Å². The van der Waals surface area contributed by atoms with E-state index in [0.29, 0.717) is 6.54 Å². The van der Waals surface area contributed by atoms with E-state index in [9.17, 15) is 9.59 Å². The van der Waals surface area contributed by atoms with Gasteiger partial charge in [0.05, 0.1) is 0 Å². The highest BCUT2D eigenvalue weighted by Gasteiger charge is 2.23. The number of rotatable bonds is 6. The van der Waals surface area contributed by atoms with Crippen LogP contribution in [-0.4, -0.2) is 24.4 Å². The molecule has 2 amide bonds. The quantitative estimate of drug-likeness (QED) is 0.835. The summed E-state index contributed by atoms with van der Waals surface area (Å²) in [4.78, 5) is 23.3. The van der Waals surface area contributed by atoms with Gasteiger partial charge in [-0.3, -0.25) is 9.59 Å². The molecule has 0 saturated carbocycles. The first-order chi connectivity index (χ1) is 9.41. The van der Waals surface area contributed by atoms with Gasteiger partial charge in [0, 0.05) is 13.5 Å². The maximum atomic E-state index is 12.1. The highest BCUT2D eigenvalue weighted by molar-refractivity contribution is 5.87. The van der Waals surface area contributed by atoms with E-state index in [1.807, 2.05) is 44.2 Å². The Kier molecular flexibility index (Phi) is 6.22. The molecule has 110 valence electrons. The first-order valence-electron chi connectivity index (χ1n) is 7.01. The van der Waals surface area contributed by atoms with Crippen molar-refractivity contribution in [1.82, 2.24) is 10.6 Å². The van der Waals surface area contributed by atoms with Crippen LogP contribution in [0.25, 0.3) is 0 Å². The third-order valence-corrected chi connectivity index (χ3v) is 3.26. The van der Waals surface area contributed by atoms with Crippen LogP contribution in [0.2, 0.25) is 0 Å². The van der Waals surface area contributed by atoms with Crippen LogP contribution in [-0.2, 0) is 9.59 Å². The Bertz CT molecular complexity index is 443. The highest BCUT2D eigenvalue weighted by atomic mass is 16.2. The number of carbonyl (C=O) groups excluding carboxylic acids is 2. The van der Waals surface area contributed by atoms with E-state index in [0.717, 1.165) is 0 Å². The molecule has 0 aliphatic heterocycles. The van der Waals surface area contributed by atoms with Gasteiger partial charge in [-0.15, -0.1) is 0 Å². The number of hydrogen-bond acceptors (Lipinski definition) is 2. The standard InChI is InChI=1S/C16H24N2O2/c1-11(2)15(18-13(4)19)16(20)17-10-12(3)14-8-6-5-7-9-14/h5-9,11-12,15H,10H2,1-4H3,(H,17,20)(H,18,19)/t12-,15+/m1/s1. The van der Waals surface area contributed by atoms with Crippen LogP contribution in [0.1, 0.15) is 39.2 Å². The van der Waals surface area contributed by atoms with Crippen LogP contribution in [0.4, 0.5) is 0 Å². The van der Waals surface area contributed by atoms with Gasteiger partial charge in [-0.25, -0.2) is 0 Å². The summed E-state index contributed by atoms with van der Waals surface area (Å²) in [6.07, 6.45) is 0. The van der Waals surface area contributed by atoms with Gasteiger partial charge in [-0.05, 0) is 17.4 Å². The lowest BCUT2D eigenvalue weighted by Gasteiger charge is -2.22. The molecule has 2 atom stereocenters. The molecule has 0 unspecified atom stereocenters. The van der Waals surface area contributed by atoms with Gasteiger partial charge in [-0.1, -0.05) is 51.1 Å². The molecule has 1 aromatic rings. The zero-order chi connectivity index (χ0) is 15.1. The Morgan fingerprint density at radius 3 is 2.20 bits per heavy atom. The Morgan fingerprint density at radius 1 is 1.10 bits per heavy atom. The monoisotopic (exact) mass is 276 g/mol. The second kappa shape index (κ2) is 7.68. The van der Waals surface area contributed by atoms with Crippen molar-refractivity contribution in [2.75, 3.05) is 6.54 Å². The van der Waals surface area contributed by atoms with E-state index in [4.69, 9.17) is 0 Å². The molecule has 0 aliphatic rings. The molecular formula is C16H24N2O2. The van der Waals surface area contributed by atoms with Crippen molar-refractivity contribution in [2.45, 2.75) is 39.7 Å². The maximum Gasteiger partial charge on any atom is 0.242 e. The van der Waals surface area contributed by atoms with Crippen LogP contribution in [0.5, 0.6) is 0 Å². The summed E-state index contributed by atoms with van der Waals surface area (Å²) in [6.45, 7) is 7.89. The van der Waals surface area contributed by atoms with Gasteiger partial charge in [0.1, 0.15) is 6.04 Å². The maximum absolute atomic E-state index is 12.1. The van der Waals surface area contributed by atoms with Gasteiger partial charge in [0.25, 0.3) is 0 Å². The first-order valence-corrected chi connectivity index (χ1v) is 7.01. The predicted octanol–water partition coefficient (Wildman–Crippen LogP) is 2.07. The molecule has 0 spiro atoms. The molecule has 0 fully saturated rings. The lowest BCUT2D eigenvalue weighted by atomic mass is 10.00. The minimum absolute atomic E-state index is 0.0610. The van der Waals surface area contributed by atoms with E-state index in [2.05, 4.69) is 17.6 Å². The largest absolute Gasteiger partial charge is 0.354 e. The second-order valence-electron chi connectivity index (χ2n) is 5.48. The number of nitrogens with one attached hydrogen (secondary N) is 2. The Morgan fingerprint density at radius 2 is 1.70 bits per heavy atom. The lowest BCUT2D eigenvalue weighted by molar-refractivity contribution is -0.129. The molecule has 4 heteroatoms. The molecule has 1 rings (SSSR count). The van der Waals surface area contributed by atoms with E-state index in [1.54, 1.807) is 0 Å². The fourth-order valence-corrected chi connectivity index (χ4v) is 2.02. The van der Waals surface area contributed by atoms with Gasteiger partial charge in [0.15, 0.2) is 0 Å². The van der Waals surface area contributed by atoms with Gasteiger partial charge < -0.3 is 10.6 Å². The van der Waals surface area contributed by atoms with Gasteiger partial charge in [0.2, 0.25) is 11.8 Å². The average molecular weight is 276 g/mol. The van der Waals surface area contributed by atoms with E-state index < -0.39 is 6.04 Å². The number of benzene rings is 1. The second-order valence-corrected chi connectivity index (χ2v) is 5.48. The summed E-state index contributed by atoms with van der Waals surface area (Å²) in [5, 5.41) is 5.61. The molecule has 0 aliphatic carbocycles. The number of hydrogen-bond donors (Lipinski definition) is 2. The molecule has 0 heterocycles. The summed E-state index contributed by atoms with van der Waals surface area (Å²) in [5.74, 6) is -0.0100. The Balaban J connectivity index is 2.55. The number of amides is 2. The van der Waals surface area contributed by atoms with Crippen molar-refractivity contribution in [2.24, 2.45) is 5.92 Å². The summed E-state index contributed by atoms with van der Waals surface area (Å²) >= 11 is 0. The molecule has 0 radical (unpaired) electrons. The molecule has 20 heavy (non-hydrogen) atoms. The van der Waals surface area contributed by atoms with Crippen molar-refractivity contribution in [3.05, 3.63) is 35.9 Å². The summed E-state index contributed by atoms with van der Waals surface area (Å²) in [5.41, 5.74) is 1.19. The average Bonchev–Trinajstić information content (AvgIpc) is 2.42. The van der Waals surface area contributed by atoms with Crippen molar-refractivity contribution >= 4 is 11.8 Å². The minimum Gasteiger partial charge on any atom is -0.354 e. The van der Waals surface area contributed by atoms with Gasteiger partial charge >= 0.3 is 0 Å². The molecular weight excluding hydrogens is 252 g/mol. The smallest absolute Gasteiger partial charge is 0.242 e. The van der Waals surface area contributed by atoms with Gasteiger partial charge in [-0.2, -0.15) is 0 Å². The third-order valence-electron chi connectivity index (χ3n) is 3.26. The van der Waals surface area contributed by atoms with Crippen molar-refractivity contribution in [3.8, 4) is 0 Å². The fraction of sp³-hybridized carbons (Fsp3) is 0.500. The lowest BCUT2D eigenvalue weighted by Crippen LogP contribution is -2.49. The molecule has 4 nitrogen and oxygen atoms in total. The van der Waals surface area contributed by atoms with Crippen molar-refractivity contribution in [3.63, 3.8) is 0 Å². The normalized spacial score (nSPS) is 13.7. The minimum atomic E-state index is -0.476. The zero-order valence-corrected chi connectivity index (χ0v) is 12.6. The Labute approximate surface area is 121 Å². The number of carbonyl (C=O) groups is 2. The van der Waals surface area contributed by atoms with Crippen LogP contribution >= 0.6 is 0 Å². The summed E-state index contributed by atoms with van der Waals surface area (Å²) < 4.78 is 0. The summed E-state index contributed by atoms with van der Waals surface area (Å²) in [7, 11) is 0. The molecule has 1 aromatic carbocycles. The van der Waals surface area contributed by atoms with E-state index in [1.165, 1.54) is 12.5 Å². The molecule has 2 N–H and O–H groups in total. The molecule has 0 bridgehead atoms. The third kappa shape index (κ3) is 5.03. The van der Waals surface area contributed by atoms with Crippen LogP contribution in [0.3, 0.4) is 0 Å². The molecule has 0 aromatic heterocycles. The zero-order valence-electron chi connectivity index (χ0n) is 12.6. The first kappa shape index (κ1) is 16.2. The van der Waals surface area contributed by atoms with Crippen molar-refractivity contribution < 1.29 is 9.59 Å².